The van der Waals surface area contributed by atoms with Crippen LogP contribution in [-0.4, -0.2) is 0 Å². The molecular weight excluding hydrogens is 310 g/mol. The Kier molecular flexibility index (Phi) is 8.85. The molecule has 2 heteroatoms. The summed E-state index contributed by atoms with van der Waals surface area (Å²) < 4.78 is 0. The van der Waals surface area contributed by atoms with Crippen molar-refractivity contribution in [3.8, 4) is 0 Å². The molecule has 1 rings (SSSR count). The molecule has 66 valence electrons. The minimum Gasteiger partial charge on any atom is -0.177 e. The second-order valence-electron chi connectivity index (χ2n) is 3.25. The summed E-state index contributed by atoms with van der Waals surface area (Å²) in [4.78, 5) is 0. The van der Waals surface area contributed by atoms with Crippen LogP contribution in [0, 0.1) is 40.7 Å². The predicted molar refractivity (Wildman–Crippen MR) is 49.0 cm³/mol. The molecule has 0 aliphatic heterocycles. The van der Waals surface area contributed by atoms with E-state index in [1.165, 1.54) is 27.8 Å². The summed E-state index contributed by atoms with van der Waals surface area (Å²) in [5, 5.41) is 0. The van der Waals surface area contributed by atoms with Gasteiger partial charge in [-0.2, -0.15) is 33.9 Å². The molecule has 1 aromatic rings. The molecule has 2 radical (unpaired) electrons. The Balaban J connectivity index is 0. The molecule has 13 heavy (non-hydrogen) atoms. The molecule has 0 nitrogen and oxygen atoms in total. The third kappa shape index (κ3) is 3.82. The van der Waals surface area contributed by atoms with Gasteiger partial charge in [-0.25, -0.2) is 0 Å². The van der Waals surface area contributed by atoms with E-state index >= 15 is 0 Å². The van der Waals surface area contributed by atoms with E-state index < -0.39 is 0 Å². The van der Waals surface area contributed by atoms with E-state index in [2.05, 4.69) is 40.7 Å². The van der Waals surface area contributed by atoms with Gasteiger partial charge in [-0.15, -0.1) is 0 Å². The van der Waals surface area contributed by atoms with Gasteiger partial charge in [0.2, 0.25) is 0 Å². The average Bonchev–Trinajstić information content (AvgIpc) is 1.97. The Morgan fingerprint density at radius 3 is 1.23 bits per heavy atom. The molecule has 0 aromatic heterocycles. The van der Waals surface area contributed by atoms with E-state index in [1.807, 2.05) is 0 Å². The fraction of sp³-hybridized carbons (Fsp3) is 0.455. The summed E-state index contributed by atoms with van der Waals surface area (Å²) in [5.41, 5.74) is 6.75. The van der Waals surface area contributed by atoms with Crippen LogP contribution in [0.3, 0.4) is 0 Å². The standard InChI is InChI=1S/C11H15.2Y/c1-7-6-8(2)10(4)11(5)9(7)3;;/h1-5H3;;/q-1;;. The molecule has 0 saturated carbocycles. The van der Waals surface area contributed by atoms with Gasteiger partial charge < -0.3 is 0 Å². The second-order valence-corrected chi connectivity index (χ2v) is 3.25. The fourth-order valence-electron chi connectivity index (χ4n) is 1.31. The minimum absolute atomic E-state index is 0. The molecule has 0 N–H and O–H groups in total. The maximum atomic E-state index is 3.35. The SMILES string of the molecule is Cc1[c-]c(C)c(C)c(C)c1C.[Y].[Y]. The first-order valence-corrected chi connectivity index (χ1v) is 4.00. The van der Waals surface area contributed by atoms with Crippen molar-refractivity contribution in [1.82, 2.24) is 0 Å². The Morgan fingerprint density at radius 1 is 0.615 bits per heavy atom. The smallest absolute Gasteiger partial charge is 0 e. The minimum atomic E-state index is 0. The summed E-state index contributed by atoms with van der Waals surface area (Å²) >= 11 is 0. The Labute approximate surface area is 132 Å². The number of aryl methyl sites for hydroxylation is 2. The van der Waals surface area contributed by atoms with E-state index in [0.29, 0.717) is 0 Å². The van der Waals surface area contributed by atoms with Crippen molar-refractivity contribution in [3.05, 3.63) is 33.9 Å². The molecule has 0 spiro atoms. The van der Waals surface area contributed by atoms with E-state index in [4.69, 9.17) is 0 Å². The van der Waals surface area contributed by atoms with E-state index in [0.717, 1.165) is 0 Å². The summed E-state index contributed by atoms with van der Waals surface area (Å²) in [7, 11) is 0. The first kappa shape index (κ1) is 16.8. The van der Waals surface area contributed by atoms with Crippen LogP contribution in [0.1, 0.15) is 27.8 Å². The van der Waals surface area contributed by atoms with Gasteiger partial charge in [0.1, 0.15) is 0 Å². The van der Waals surface area contributed by atoms with E-state index in [-0.39, 0.29) is 65.4 Å². The molecule has 0 atom stereocenters. The van der Waals surface area contributed by atoms with Crippen LogP contribution in [0.25, 0.3) is 0 Å². The first-order valence-electron chi connectivity index (χ1n) is 4.00. The van der Waals surface area contributed by atoms with Crippen molar-refractivity contribution in [3.63, 3.8) is 0 Å². The zero-order valence-corrected chi connectivity index (χ0v) is 14.8. The number of benzene rings is 1. The maximum Gasteiger partial charge on any atom is 0 e. The van der Waals surface area contributed by atoms with Gasteiger partial charge in [-0.1, -0.05) is 34.6 Å². The van der Waals surface area contributed by atoms with Crippen LogP contribution in [0.5, 0.6) is 0 Å². The monoisotopic (exact) mass is 325 g/mol. The molecule has 0 unspecified atom stereocenters. The van der Waals surface area contributed by atoms with Crippen LogP contribution >= 0.6 is 0 Å². The molecule has 0 fully saturated rings. The largest absolute Gasteiger partial charge is 0.177 e. The van der Waals surface area contributed by atoms with Gasteiger partial charge in [0.05, 0.1) is 0 Å². The third-order valence-corrected chi connectivity index (χ3v) is 2.62. The molecule has 1 aromatic carbocycles. The predicted octanol–water partition coefficient (Wildman–Crippen LogP) is 3.02. The topological polar surface area (TPSA) is 0 Å². The molecule has 0 aliphatic carbocycles. The molecular formula is C11H15Y2-. The van der Waals surface area contributed by atoms with Crippen molar-refractivity contribution >= 4 is 0 Å². The number of rotatable bonds is 0. The second kappa shape index (κ2) is 6.83. The van der Waals surface area contributed by atoms with Crippen LogP contribution < -0.4 is 0 Å². The van der Waals surface area contributed by atoms with Crippen molar-refractivity contribution in [2.75, 3.05) is 0 Å². The quantitative estimate of drug-likeness (QED) is 0.643. The van der Waals surface area contributed by atoms with Crippen molar-refractivity contribution < 1.29 is 65.4 Å². The Bertz CT molecular complexity index is 264. The molecule has 0 heterocycles. The summed E-state index contributed by atoms with van der Waals surface area (Å²) in [6.07, 6.45) is 0. The summed E-state index contributed by atoms with van der Waals surface area (Å²) in [5.74, 6) is 0. The molecule has 0 amide bonds. The van der Waals surface area contributed by atoms with Crippen LogP contribution in [0.4, 0.5) is 0 Å². The first-order chi connectivity index (χ1) is 5.04. The zero-order valence-electron chi connectivity index (χ0n) is 9.15. The Morgan fingerprint density at radius 2 is 0.923 bits per heavy atom. The molecule has 0 saturated heterocycles. The van der Waals surface area contributed by atoms with Crippen LogP contribution in [-0.2, 0) is 65.4 Å². The summed E-state index contributed by atoms with van der Waals surface area (Å²) in [6, 6.07) is 3.35. The van der Waals surface area contributed by atoms with Gasteiger partial charge >= 0.3 is 0 Å². The average molecular weight is 325 g/mol. The maximum absolute atomic E-state index is 3.35. The van der Waals surface area contributed by atoms with Gasteiger partial charge in [0.25, 0.3) is 0 Å². The molecule has 0 aliphatic rings. The molecule has 0 bridgehead atoms. The van der Waals surface area contributed by atoms with Gasteiger partial charge in [-0.3, -0.25) is 0 Å². The van der Waals surface area contributed by atoms with Crippen LogP contribution in [0.15, 0.2) is 0 Å². The van der Waals surface area contributed by atoms with Crippen LogP contribution in [0.2, 0.25) is 0 Å². The van der Waals surface area contributed by atoms with E-state index in [9.17, 15) is 0 Å². The van der Waals surface area contributed by atoms with Gasteiger partial charge in [-0.05, 0) is 0 Å². The van der Waals surface area contributed by atoms with E-state index in [1.54, 1.807) is 0 Å². The number of hydrogen-bond donors (Lipinski definition) is 0. The summed E-state index contributed by atoms with van der Waals surface area (Å²) in [6.45, 7) is 10.7. The Hall–Kier alpha value is 1.43. The zero-order chi connectivity index (χ0) is 8.59. The normalized spacial score (nSPS) is 8.69. The van der Waals surface area contributed by atoms with Gasteiger partial charge in [0.15, 0.2) is 0 Å². The van der Waals surface area contributed by atoms with Gasteiger partial charge in [0, 0.05) is 65.4 Å². The fourth-order valence-corrected chi connectivity index (χ4v) is 1.31. The van der Waals surface area contributed by atoms with Crippen molar-refractivity contribution in [2.45, 2.75) is 34.6 Å². The third-order valence-electron chi connectivity index (χ3n) is 2.62. The number of hydrogen-bond acceptors (Lipinski definition) is 0. The van der Waals surface area contributed by atoms with Crippen molar-refractivity contribution in [1.29, 1.82) is 0 Å². The van der Waals surface area contributed by atoms with Crippen molar-refractivity contribution in [2.24, 2.45) is 0 Å².